The number of aldehydes is 1. The Balaban J connectivity index is 2.59. The lowest BCUT2D eigenvalue weighted by Crippen LogP contribution is -2.11. The summed E-state index contributed by atoms with van der Waals surface area (Å²) in [6.07, 6.45) is 3.62. The average Bonchev–Trinajstić information content (AvgIpc) is 2.51. The Hall–Kier alpha value is -1.64. The smallest absolute Gasteiger partial charge is 0.168 e. The van der Waals surface area contributed by atoms with Crippen molar-refractivity contribution in [2.24, 2.45) is 5.41 Å². The Morgan fingerprint density at radius 2 is 2.12 bits per heavy atom. The predicted octanol–water partition coefficient (Wildman–Crippen LogP) is 3.04. The number of carbonyl (C=O) groups excluding carboxylic acids is 1. The lowest BCUT2D eigenvalue weighted by molar-refractivity contribution is 0.111. The molecule has 90 valence electrons. The van der Waals surface area contributed by atoms with Crippen molar-refractivity contribution in [1.29, 1.82) is 0 Å². The number of pyridine rings is 1. The first-order chi connectivity index (χ1) is 7.90. The van der Waals surface area contributed by atoms with E-state index in [-0.39, 0.29) is 5.41 Å². The number of carbonyl (C=O) groups is 1. The third-order valence-corrected chi connectivity index (χ3v) is 2.70. The summed E-state index contributed by atoms with van der Waals surface area (Å²) in [5, 5.41) is 0. The molecule has 2 rings (SSSR count). The van der Waals surface area contributed by atoms with Crippen molar-refractivity contribution >= 4 is 11.9 Å². The summed E-state index contributed by atoms with van der Waals surface area (Å²) in [7, 11) is 0. The largest absolute Gasteiger partial charge is 0.297 e. The second-order valence-electron chi connectivity index (χ2n) is 5.73. The van der Waals surface area contributed by atoms with Gasteiger partial charge in [-0.25, -0.2) is 4.98 Å². The normalized spacial score (nSPS) is 12.0. The van der Waals surface area contributed by atoms with Crippen molar-refractivity contribution in [1.82, 2.24) is 9.38 Å². The quantitative estimate of drug-likeness (QED) is 0.743. The highest BCUT2D eigenvalue weighted by atomic mass is 16.1. The summed E-state index contributed by atoms with van der Waals surface area (Å²) in [4.78, 5) is 15.8. The van der Waals surface area contributed by atoms with Gasteiger partial charge in [0, 0.05) is 6.20 Å². The highest BCUT2D eigenvalue weighted by Crippen LogP contribution is 2.23. The molecule has 0 aliphatic rings. The SMILES string of the molecule is Cc1ccn2c(C=O)c(CC(C)(C)C)nc2c1. The van der Waals surface area contributed by atoms with Gasteiger partial charge in [-0.1, -0.05) is 20.8 Å². The number of fused-ring (bicyclic) bond motifs is 1. The van der Waals surface area contributed by atoms with Gasteiger partial charge in [0.15, 0.2) is 6.29 Å². The average molecular weight is 230 g/mol. The Morgan fingerprint density at radius 3 is 2.71 bits per heavy atom. The first kappa shape index (κ1) is 11.8. The molecule has 0 unspecified atom stereocenters. The molecule has 2 aromatic rings. The zero-order valence-electron chi connectivity index (χ0n) is 10.8. The molecular formula is C14H18N2O. The van der Waals surface area contributed by atoms with Gasteiger partial charge < -0.3 is 0 Å². The van der Waals surface area contributed by atoms with E-state index in [1.807, 2.05) is 29.7 Å². The highest BCUT2D eigenvalue weighted by Gasteiger charge is 2.18. The summed E-state index contributed by atoms with van der Waals surface area (Å²) in [6, 6.07) is 3.99. The summed E-state index contributed by atoms with van der Waals surface area (Å²) < 4.78 is 1.86. The zero-order valence-corrected chi connectivity index (χ0v) is 10.8. The zero-order chi connectivity index (χ0) is 12.6. The lowest BCUT2D eigenvalue weighted by atomic mass is 9.90. The van der Waals surface area contributed by atoms with Crippen molar-refractivity contribution in [2.75, 3.05) is 0 Å². The van der Waals surface area contributed by atoms with Crippen molar-refractivity contribution < 1.29 is 4.79 Å². The maximum Gasteiger partial charge on any atom is 0.168 e. The lowest BCUT2D eigenvalue weighted by Gasteiger charge is -2.16. The van der Waals surface area contributed by atoms with Crippen LogP contribution < -0.4 is 0 Å². The number of aromatic nitrogens is 2. The third kappa shape index (κ3) is 2.38. The minimum absolute atomic E-state index is 0.130. The summed E-state index contributed by atoms with van der Waals surface area (Å²) in [6.45, 7) is 8.48. The molecule has 0 amide bonds. The van der Waals surface area contributed by atoms with Gasteiger partial charge in [0.2, 0.25) is 0 Å². The maximum absolute atomic E-state index is 11.2. The molecule has 0 saturated carbocycles. The molecular weight excluding hydrogens is 212 g/mol. The van der Waals surface area contributed by atoms with E-state index in [1.165, 1.54) is 0 Å². The Kier molecular flexibility index (Phi) is 2.77. The Labute approximate surface area is 101 Å². The molecule has 0 aromatic carbocycles. The van der Waals surface area contributed by atoms with Crippen molar-refractivity contribution in [3.8, 4) is 0 Å². The monoisotopic (exact) mass is 230 g/mol. The van der Waals surface area contributed by atoms with Crippen LogP contribution in [0.3, 0.4) is 0 Å². The van der Waals surface area contributed by atoms with Gasteiger partial charge in [0.25, 0.3) is 0 Å². The van der Waals surface area contributed by atoms with Gasteiger partial charge in [-0.05, 0) is 36.5 Å². The molecule has 17 heavy (non-hydrogen) atoms. The summed E-state index contributed by atoms with van der Waals surface area (Å²) in [5.74, 6) is 0. The van der Waals surface area contributed by atoms with Crippen LogP contribution >= 0.6 is 0 Å². The van der Waals surface area contributed by atoms with Crippen LogP contribution in [0.2, 0.25) is 0 Å². The molecule has 0 fully saturated rings. The van der Waals surface area contributed by atoms with Gasteiger partial charge in [-0.3, -0.25) is 9.20 Å². The van der Waals surface area contributed by atoms with E-state index in [9.17, 15) is 4.79 Å². The standard InChI is InChI=1S/C14H18N2O/c1-10-5-6-16-12(9-17)11(8-14(2,3)4)15-13(16)7-10/h5-7,9H,8H2,1-4H3. The molecule has 0 N–H and O–H groups in total. The maximum atomic E-state index is 11.2. The van der Waals surface area contributed by atoms with Crippen LogP contribution in [-0.2, 0) is 6.42 Å². The summed E-state index contributed by atoms with van der Waals surface area (Å²) in [5.41, 5.74) is 3.70. The van der Waals surface area contributed by atoms with E-state index in [2.05, 4.69) is 25.8 Å². The van der Waals surface area contributed by atoms with Crippen LogP contribution in [-0.4, -0.2) is 15.7 Å². The van der Waals surface area contributed by atoms with Crippen LogP contribution in [0.1, 0.15) is 42.5 Å². The fraction of sp³-hybridized carbons (Fsp3) is 0.429. The van der Waals surface area contributed by atoms with Crippen LogP contribution in [0.15, 0.2) is 18.3 Å². The van der Waals surface area contributed by atoms with Gasteiger partial charge >= 0.3 is 0 Å². The molecule has 0 saturated heterocycles. The van der Waals surface area contributed by atoms with E-state index in [1.54, 1.807) is 0 Å². The van der Waals surface area contributed by atoms with Gasteiger partial charge in [0.1, 0.15) is 11.3 Å². The molecule has 0 radical (unpaired) electrons. The number of hydrogen-bond acceptors (Lipinski definition) is 2. The number of aryl methyl sites for hydroxylation is 1. The molecule has 0 bridgehead atoms. The predicted molar refractivity (Wildman–Crippen MR) is 68.5 cm³/mol. The molecule has 0 spiro atoms. The molecule has 0 atom stereocenters. The van der Waals surface area contributed by atoms with Crippen LogP contribution in [0.5, 0.6) is 0 Å². The molecule has 2 heterocycles. The van der Waals surface area contributed by atoms with Crippen LogP contribution in [0.25, 0.3) is 5.65 Å². The summed E-state index contributed by atoms with van der Waals surface area (Å²) >= 11 is 0. The molecule has 2 aromatic heterocycles. The van der Waals surface area contributed by atoms with Crippen LogP contribution in [0.4, 0.5) is 0 Å². The van der Waals surface area contributed by atoms with Gasteiger partial charge in [-0.2, -0.15) is 0 Å². The van der Waals surface area contributed by atoms with Crippen molar-refractivity contribution in [3.63, 3.8) is 0 Å². The molecule has 0 aliphatic heterocycles. The number of hydrogen-bond donors (Lipinski definition) is 0. The van der Waals surface area contributed by atoms with Crippen molar-refractivity contribution in [2.45, 2.75) is 34.1 Å². The minimum Gasteiger partial charge on any atom is -0.297 e. The van der Waals surface area contributed by atoms with E-state index in [0.717, 1.165) is 29.6 Å². The fourth-order valence-corrected chi connectivity index (χ4v) is 1.97. The van der Waals surface area contributed by atoms with E-state index in [0.29, 0.717) is 5.69 Å². The Morgan fingerprint density at radius 1 is 1.41 bits per heavy atom. The van der Waals surface area contributed by atoms with Crippen LogP contribution in [0, 0.1) is 12.3 Å². The highest BCUT2D eigenvalue weighted by molar-refractivity contribution is 5.76. The van der Waals surface area contributed by atoms with Gasteiger partial charge in [0.05, 0.1) is 5.69 Å². The third-order valence-electron chi connectivity index (χ3n) is 2.70. The van der Waals surface area contributed by atoms with E-state index < -0.39 is 0 Å². The topological polar surface area (TPSA) is 34.4 Å². The van der Waals surface area contributed by atoms with E-state index >= 15 is 0 Å². The van der Waals surface area contributed by atoms with E-state index in [4.69, 9.17) is 0 Å². The minimum atomic E-state index is 0.130. The van der Waals surface area contributed by atoms with Gasteiger partial charge in [-0.15, -0.1) is 0 Å². The Bertz CT molecular complexity index is 561. The second-order valence-corrected chi connectivity index (χ2v) is 5.73. The first-order valence-electron chi connectivity index (χ1n) is 5.83. The molecule has 3 heteroatoms. The van der Waals surface area contributed by atoms with Crippen molar-refractivity contribution in [3.05, 3.63) is 35.3 Å². The first-order valence-corrected chi connectivity index (χ1v) is 5.83. The molecule has 0 aliphatic carbocycles. The molecule has 3 nitrogen and oxygen atoms in total. The number of nitrogens with zero attached hydrogens (tertiary/aromatic N) is 2. The second kappa shape index (κ2) is 3.99. The number of imidazole rings is 1. The fourth-order valence-electron chi connectivity index (χ4n) is 1.97. The number of rotatable bonds is 2.